The van der Waals surface area contributed by atoms with Crippen molar-refractivity contribution in [3.63, 3.8) is 0 Å². The molecule has 7 nitrogen and oxygen atoms in total. The third-order valence-corrected chi connectivity index (χ3v) is 1.80. The standard InChI is InChI=1S/Ba.H4O7P2.Ti/c;1-8(2,3)7-9(4,5)6;/h;(H2,1,2,3)(H2,4,5,6);/q+2;;+2/p-4. The summed E-state index contributed by atoms with van der Waals surface area (Å²) in [5.74, 6) is 0. The molecule has 0 rings (SSSR count). The van der Waals surface area contributed by atoms with E-state index in [0.29, 0.717) is 0 Å². The van der Waals surface area contributed by atoms with E-state index in [0.717, 1.165) is 0 Å². The number of phosphoric acid groups is 2. The minimum absolute atomic E-state index is 0. The Hall–Kier alpha value is 2.55. The van der Waals surface area contributed by atoms with E-state index in [1.165, 1.54) is 0 Å². The molecule has 0 saturated heterocycles. The smallest absolute Gasteiger partial charge is 0.790 e. The van der Waals surface area contributed by atoms with Crippen LogP contribution < -0.4 is 19.6 Å². The zero-order valence-corrected chi connectivity index (χ0v) is 12.8. The second-order valence-corrected chi connectivity index (χ2v) is 3.42. The predicted molar refractivity (Wildman–Crippen MR) is 22.1 cm³/mol. The van der Waals surface area contributed by atoms with E-state index in [4.69, 9.17) is 0 Å². The van der Waals surface area contributed by atoms with Gasteiger partial charge in [0, 0.05) is 0 Å². The van der Waals surface area contributed by atoms with Crippen molar-refractivity contribution in [2.75, 3.05) is 0 Å². The molecule has 0 fully saturated rings. The number of rotatable bonds is 2. The SMILES string of the molecule is O=P([O-])([O-])OP(=O)([O-])[O-].[Ba+2].[Ti+2]. The van der Waals surface area contributed by atoms with Gasteiger partial charge in [0.05, 0.1) is 15.6 Å². The molecule has 58 valence electrons. The normalized spacial score (nSPS) is 11.3. The van der Waals surface area contributed by atoms with E-state index in [2.05, 4.69) is 4.31 Å². The van der Waals surface area contributed by atoms with E-state index in [9.17, 15) is 28.7 Å². The maximum atomic E-state index is 9.32. The van der Waals surface area contributed by atoms with Crippen molar-refractivity contribution in [1.29, 1.82) is 0 Å². The van der Waals surface area contributed by atoms with Gasteiger partial charge in [-0.05, 0) is 0 Å². The molecule has 0 heterocycles. The maximum absolute atomic E-state index is 9.32. The summed E-state index contributed by atoms with van der Waals surface area (Å²) >= 11 is 0. The van der Waals surface area contributed by atoms with Gasteiger partial charge in [-0.15, -0.1) is 0 Å². The molecule has 0 aromatic carbocycles. The van der Waals surface area contributed by atoms with Gasteiger partial charge in [-0.3, -0.25) is 0 Å². The average Bonchev–Trinajstić information content (AvgIpc) is 1.14. The second-order valence-electron chi connectivity index (χ2n) is 0.976. The summed E-state index contributed by atoms with van der Waals surface area (Å²) in [4.78, 5) is 37.3. The van der Waals surface area contributed by atoms with E-state index in [1.54, 1.807) is 0 Å². The van der Waals surface area contributed by atoms with Gasteiger partial charge in [0.25, 0.3) is 0 Å². The van der Waals surface area contributed by atoms with Crippen LogP contribution in [0.15, 0.2) is 0 Å². The molecule has 0 bridgehead atoms. The Morgan fingerprint density at radius 3 is 1.09 bits per heavy atom. The van der Waals surface area contributed by atoms with E-state index in [1.807, 2.05) is 0 Å². The summed E-state index contributed by atoms with van der Waals surface area (Å²) in [7, 11) is -11.4. The van der Waals surface area contributed by atoms with Gasteiger partial charge < -0.3 is 33.0 Å². The van der Waals surface area contributed by atoms with Gasteiger partial charge in [-0.1, -0.05) is 0 Å². The topological polar surface area (TPSA) is 136 Å². The Bertz CT molecular complexity index is 157. The first-order chi connectivity index (χ1) is 3.71. The molecule has 11 heteroatoms. The predicted octanol–water partition coefficient (Wildman–Crippen LogP) is -3.72. The maximum Gasteiger partial charge on any atom is 2.00 e. The van der Waals surface area contributed by atoms with Crippen molar-refractivity contribution < 1.29 is 54.7 Å². The van der Waals surface area contributed by atoms with Gasteiger partial charge >= 0.3 is 70.6 Å². The summed E-state index contributed by atoms with van der Waals surface area (Å²) in [6.07, 6.45) is 0. The van der Waals surface area contributed by atoms with Crippen LogP contribution in [0.3, 0.4) is 0 Å². The van der Waals surface area contributed by atoms with Gasteiger partial charge in [-0.25, -0.2) is 0 Å². The largest absolute Gasteiger partial charge is 2.00 e. The molecule has 0 unspecified atom stereocenters. The van der Waals surface area contributed by atoms with Crippen molar-refractivity contribution in [3.8, 4) is 0 Å². The Kier molecular flexibility index (Phi) is 12.1. The number of hydrogen-bond acceptors (Lipinski definition) is 7. The molecule has 0 saturated carbocycles. The van der Waals surface area contributed by atoms with Crippen molar-refractivity contribution in [2.24, 2.45) is 0 Å². The molecule has 0 aromatic rings. The zero-order valence-electron chi connectivity index (χ0n) is 4.96. The van der Waals surface area contributed by atoms with Crippen LogP contribution in [0.25, 0.3) is 0 Å². The van der Waals surface area contributed by atoms with Crippen LogP contribution in [-0.2, 0) is 35.2 Å². The van der Waals surface area contributed by atoms with Gasteiger partial charge in [0.1, 0.15) is 0 Å². The van der Waals surface area contributed by atoms with Crippen LogP contribution in [0, 0.1) is 0 Å². The van der Waals surface area contributed by atoms with E-state index < -0.39 is 15.6 Å². The van der Waals surface area contributed by atoms with Crippen molar-refractivity contribution >= 4 is 64.5 Å². The van der Waals surface area contributed by atoms with Crippen LogP contribution in [0.5, 0.6) is 0 Å². The van der Waals surface area contributed by atoms with Gasteiger partial charge in [0.15, 0.2) is 0 Å². The molecule has 0 atom stereocenters. The molecule has 0 aliphatic carbocycles. The molecule has 11 heavy (non-hydrogen) atoms. The minimum atomic E-state index is -5.68. The van der Waals surface area contributed by atoms with Crippen LogP contribution in [0.1, 0.15) is 0 Å². The summed E-state index contributed by atoms with van der Waals surface area (Å²) in [5, 5.41) is 0. The minimum Gasteiger partial charge on any atom is -0.790 e. The summed E-state index contributed by atoms with van der Waals surface area (Å²) in [5.41, 5.74) is 0. The summed E-state index contributed by atoms with van der Waals surface area (Å²) < 4.78 is 21.2. The summed E-state index contributed by atoms with van der Waals surface area (Å²) in [6.45, 7) is 0. The first-order valence-corrected chi connectivity index (χ1v) is 4.38. The van der Waals surface area contributed by atoms with Crippen molar-refractivity contribution in [1.82, 2.24) is 0 Å². The fourth-order valence-electron chi connectivity index (χ4n) is 0.122. The fourth-order valence-corrected chi connectivity index (χ4v) is 1.10. The quantitative estimate of drug-likeness (QED) is 0.365. The second kappa shape index (κ2) is 6.92. The third kappa shape index (κ3) is 19.1. The van der Waals surface area contributed by atoms with Gasteiger partial charge in [-0.2, -0.15) is 0 Å². The molecular formula is BaO7P2Ti. The molecular weight excluding hydrogens is 359 g/mol. The Balaban J connectivity index is -0.000000320. The van der Waals surface area contributed by atoms with E-state index in [-0.39, 0.29) is 70.6 Å². The van der Waals surface area contributed by atoms with Crippen molar-refractivity contribution in [3.05, 3.63) is 0 Å². The van der Waals surface area contributed by atoms with Crippen LogP contribution in [0.4, 0.5) is 0 Å². The summed E-state index contributed by atoms with van der Waals surface area (Å²) in [6, 6.07) is 0. The van der Waals surface area contributed by atoms with Crippen LogP contribution in [0.2, 0.25) is 0 Å². The molecule has 0 amide bonds. The molecule has 0 spiro atoms. The monoisotopic (exact) mass is 360 g/mol. The molecule has 0 aromatic heterocycles. The average molecular weight is 359 g/mol. The van der Waals surface area contributed by atoms with Crippen LogP contribution in [-0.4, -0.2) is 48.9 Å². The molecule has 0 N–H and O–H groups in total. The number of hydrogen-bond donors (Lipinski definition) is 0. The first kappa shape index (κ1) is 19.2. The first-order valence-electron chi connectivity index (χ1n) is 1.46. The third-order valence-electron chi connectivity index (χ3n) is 0.200. The Morgan fingerprint density at radius 2 is 1.09 bits per heavy atom. The van der Waals surface area contributed by atoms with Gasteiger partial charge in [0.2, 0.25) is 0 Å². The van der Waals surface area contributed by atoms with E-state index >= 15 is 0 Å². The van der Waals surface area contributed by atoms with Crippen LogP contribution >= 0.6 is 15.6 Å². The van der Waals surface area contributed by atoms with Crippen molar-refractivity contribution in [2.45, 2.75) is 0 Å². The molecule has 0 radical (unpaired) electrons. The Labute approximate surface area is 117 Å². The fraction of sp³-hybridized carbons (Fsp3) is 0. The molecule has 0 aliphatic heterocycles. The zero-order chi connectivity index (χ0) is 7.71. The Morgan fingerprint density at radius 1 is 0.909 bits per heavy atom. The molecule has 0 aliphatic rings.